The zero-order valence-electron chi connectivity index (χ0n) is 23.7. The summed E-state index contributed by atoms with van der Waals surface area (Å²) >= 11 is 0. The summed E-state index contributed by atoms with van der Waals surface area (Å²) in [5.41, 5.74) is 10.7. The minimum absolute atomic E-state index is 1.06. The van der Waals surface area contributed by atoms with E-state index in [1.807, 2.05) is 0 Å². The maximum atomic E-state index is 2.36. The molecule has 0 spiro atoms. The Morgan fingerprint density at radius 3 is 1.48 bits per heavy atom. The van der Waals surface area contributed by atoms with E-state index in [0.29, 0.717) is 0 Å². The smallest absolute Gasteiger partial charge is 0.0541 e. The first-order chi connectivity index (χ1) is 20.8. The van der Waals surface area contributed by atoms with Gasteiger partial charge in [-0.3, -0.25) is 0 Å². The minimum Gasteiger partial charge on any atom is -0.311 e. The van der Waals surface area contributed by atoms with Gasteiger partial charge in [0.15, 0.2) is 0 Å². The van der Waals surface area contributed by atoms with Gasteiger partial charge in [0.2, 0.25) is 0 Å². The predicted molar refractivity (Wildman–Crippen MR) is 180 cm³/mol. The minimum atomic E-state index is 1.06. The third-order valence-corrected chi connectivity index (χ3v) is 7.97. The Morgan fingerprint density at radius 2 is 0.929 bits per heavy atom. The Morgan fingerprint density at radius 1 is 0.476 bits per heavy atom. The summed E-state index contributed by atoms with van der Waals surface area (Å²) in [6, 6.07) is 54.3. The lowest BCUT2D eigenvalue weighted by molar-refractivity contribution is 1.14. The molecule has 0 aliphatic heterocycles. The number of hydrogen-bond donors (Lipinski definition) is 0. The number of para-hydroxylation sites is 3. The molecule has 0 saturated carbocycles. The second-order valence-corrected chi connectivity index (χ2v) is 10.6. The van der Waals surface area contributed by atoms with Crippen molar-refractivity contribution in [1.82, 2.24) is 4.57 Å². The van der Waals surface area contributed by atoms with Crippen LogP contribution in [0.4, 0.5) is 17.1 Å². The van der Waals surface area contributed by atoms with Crippen LogP contribution < -0.4 is 4.90 Å². The highest BCUT2D eigenvalue weighted by Crippen LogP contribution is 2.37. The molecule has 7 aromatic rings. The van der Waals surface area contributed by atoms with Crippen molar-refractivity contribution in [2.24, 2.45) is 0 Å². The normalized spacial score (nSPS) is 11.5. The van der Waals surface area contributed by atoms with Crippen LogP contribution in [-0.2, 0) is 6.42 Å². The molecule has 202 valence electrons. The first kappa shape index (κ1) is 25.6. The van der Waals surface area contributed by atoms with E-state index in [0.717, 1.165) is 29.2 Å². The van der Waals surface area contributed by atoms with Gasteiger partial charge < -0.3 is 9.47 Å². The molecule has 1 aromatic heterocycles. The number of aromatic nitrogens is 1. The van der Waals surface area contributed by atoms with Crippen molar-refractivity contribution in [3.63, 3.8) is 0 Å². The summed E-state index contributed by atoms with van der Waals surface area (Å²) in [6.07, 6.45) is 5.42. The standard InChI is InChI=1S/C40H32N2/c1-2-30-16-18-31(19-17-30)20-21-32-22-24-34(25-23-32)41(33-10-4-3-5-11-33)35-26-28-36(29-27-35)42-39-14-8-6-12-37(39)38-13-7-9-15-40(38)42/h3-29H,2H2,1H3. The first-order valence-corrected chi connectivity index (χ1v) is 14.6. The second-order valence-electron chi connectivity index (χ2n) is 10.6. The van der Waals surface area contributed by atoms with Gasteiger partial charge in [-0.05, 0) is 83.8 Å². The zero-order chi connectivity index (χ0) is 28.3. The lowest BCUT2D eigenvalue weighted by Gasteiger charge is -2.26. The van der Waals surface area contributed by atoms with Gasteiger partial charge in [-0.25, -0.2) is 0 Å². The van der Waals surface area contributed by atoms with Gasteiger partial charge in [0.25, 0.3) is 0 Å². The van der Waals surface area contributed by atoms with Crippen molar-refractivity contribution in [2.45, 2.75) is 13.3 Å². The van der Waals surface area contributed by atoms with E-state index >= 15 is 0 Å². The maximum Gasteiger partial charge on any atom is 0.0541 e. The fourth-order valence-corrected chi connectivity index (χ4v) is 5.77. The summed E-state index contributed by atoms with van der Waals surface area (Å²) in [5.74, 6) is 0. The molecule has 1 heterocycles. The Labute approximate surface area is 247 Å². The number of anilines is 3. The van der Waals surface area contributed by atoms with Crippen LogP contribution in [0.1, 0.15) is 23.6 Å². The van der Waals surface area contributed by atoms with Crippen molar-refractivity contribution in [3.8, 4) is 5.69 Å². The molecule has 0 unspecified atom stereocenters. The molecular formula is C40H32N2. The fraction of sp³-hybridized carbons (Fsp3) is 0.0500. The van der Waals surface area contributed by atoms with Gasteiger partial charge in [0.1, 0.15) is 0 Å². The molecule has 6 aromatic carbocycles. The maximum absolute atomic E-state index is 2.36. The molecule has 0 fully saturated rings. The predicted octanol–water partition coefficient (Wildman–Crippen LogP) is 11.0. The topological polar surface area (TPSA) is 8.17 Å². The fourth-order valence-electron chi connectivity index (χ4n) is 5.77. The van der Waals surface area contributed by atoms with E-state index in [-0.39, 0.29) is 0 Å². The van der Waals surface area contributed by atoms with Gasteiger partial charge >= 0.3 is 0 Å². The molecule has 7 rings (SSSR count). The number of nitrogens with zero attached hydrogens (tertiary/aromatic N) is 2. The number of aryl methyl sites for hydroxylation is 1. The molecule has 0 bridgehead atoms. The Hall–Kier alpha value is -5.34. The lowest BCUT2D eigenvalue weighted by atomic mass is 10.1. The molecule has 42 heavy (non-hydrogen) atoms. The van der Waals surface area contributed by atoms with Crippen LogP contribution in [0.15, 0.2) is 152 Å². The van der Waals surface area contributed by atoms with E-state index < -0.39 is 0 Å². The Kier molecular flexibility index (Phi) is 6.87. The summed E-state index contributed by atoms with van der Waals surface area (Å²) < 4.78 is 2.36. The van der Waals surface area contributed by atoms with Crippen molar-refractivity contribution in [3.05, 3.63) is 168 Å². The van der Waals surface area contributed by atoms with Gasteiger partial charge in [-0.2, -0.15) is 0 Å². The first-order valence-electron chi connectivity index (χ1n) is 14.6. The second kappa shape index (κ2) is 11.3. The Balaban J connectivity index is 1.23. The monoisotopic (exact) mass is 540 g/mol. The summed E-state index contributed by atoms with van der Waals surface area (Å²) in [5, 5.41) is 2.55. The largest absolute Gasteiger partial charge is 0.311 e. The van der Waals surface area contributed by atoms with Crippen LogP contribution in [0.3, 0.4) is 0 Å². The quantitative estimate of drug-likeness (QED) is 0.183. The number of rotatable bonds is 7. The summed E-state index contributed by atoms with van der Waals surface area (Å²) in [7, 11) is 0. The third-order valence-electron chi connectivity index (χ3n) is 7.97. The molecule has 0 radical (unpaired) electrons. The average molecular weight is 541 g/mol. The highest BCUT2D eigenvalue weighted by Gasteiger charge is 2.14. The van der Waals surface area contributed by atoms with Gasteiger partial charge in [-0.1, -0.05) is 110 Å². The van der Waals surface area contributed by atoms with Gasteiger partial charge in [0, 0.05) is 33.5 Å². The van der Waals surface area contributed by atoms with Gasteiger partial charge in [0.05, 0.1) is 11.0 Å². The number of hydrogen-bond acceptors (Lipinski definition) is 1. The molecule has 2 heteroatoms. The van der Waals surface area contributed by atoms with E-state index in [2.05, 4.69) is 180 Å². The van der Waals surface area contributed by atoms with E-state index in [4.69, 9.17) is 0 Å². The number of benzene rings is 6. The van der Waals surface area contributed by atoms with E-state index in [1.165, 1.54) is 38.5 Å². The summed E-state index contributed by atoms with van der Waals surface area (Å²) in [4.78, 5) is 2.31. The SMILES string of the molecule is CCc1ccc(C=Cc2ccc(N(c3ccccc3)c3ccc(-n4c5ccccc5c5ccccc54)cc3)cc2)cc1. The average Bonchev–Trinajstić information content (AvgIpc) is 3.40. The van der Waals surface area contributed by atoms with Crippen LogP contribution in [0, 0.1) is 0 Å². The lowest BCUT2D eigenvalue weighted by Crippen LogP contribution is -2.10. The van der Waals surface area contributed by atoms with Crippen molar-refractivity contribution in [2.75, 3.05) is 4.90 Å². The molecule has 0 atom stereocenters. The van der Waals surface area contributed by atoms with Crippen LogP contribution >= 0.6 is 0 Å². The molecular weight excluding hydrogens is 508 g/mol. The highest BCUT2D eigenvalue weighted by atomic mass is 15.1. The molecule has 0 amide bonds. The van der Waals surface area contributed by atoms with E-state index in [9.17, 15) is 0 Å². The van der Waals surface area contributed by atoms with Crippen LogP contribution in [0.5, 0.6) is 0 Å². The van der Waals surface area contributed by atoms with Crippen molar-refractivity contribution < 1.29 is 0 Å². The van der Waals surface area contributed by atoms with Gasteiger partial charge in [-0.15, -0.1) is 0 Å². The third kappa shape index (κ3) is 4.88. The molecule has 0 aliphatic rings. The molecule has 0 aliphatic carbocycles. The van der Waals surface area contributed by atoms with Crippen LogP contribution in [-0.4, -0.2) is 4.57 Å². The summed E-state index contributed by atoms with van der Waals surface area (Å²) in [6.45, 7) is 2.19. The van der Waals surface area contributed by atoms with Crippen molar-refractivity contribution >= 4 is 51.0 Å². The highest BCUT2D eigenvalue weighted by molar-refractivity contribution is 6.09. The zero-order valence-corrected chi connectivity index (χ0v) is 23.7. The Bertz CT molecular complexity index is 1930. The van der Waals surface area contributed by atoms with Crippen LogP contribution in [0.25, 0.3) is 39.6 Å². The van der Waals surface area contributed by atoms with E-state index in [1.54, 1.807) is 0 Å². The number of fused-ring (bicyclic) bond motifs is 3. The molecule has 0 N–H and O–H groups in total. The van der Waals surface area contributed by atoms with Crippen molar-refractivity contribution in [1.29, 1.82) is 0 Å². The molecule has 2 nitrogen and oxygen atoms in total. The van der Waals surface area contributed by atoms with Crippen LogP contribution in [0.2, 0.25) is 0 Å². The molecule has 0 saturated heterocycles.